The average molecular weight is 416 g/mol. The molecule has 0 radical (unpaired) electrons. The fourth-order valence-electron chi connectivity index (χ4n) is 2.08. The van der Waals surface area contributed by atoms with Crippen LogP contribution in [0.3, 0.4) is 0 Å². The Morgan fingerprint density at radius 1 is 1.35 bits per heavy atom. The zero-order chi connectivity index (χ0) is 18.8. The van der Waals surface area contributed by atoms with Crippen molar-refractivity contribution in [1.29, 1.82) is 0 Å². The van der Waals surface area contributed by atoms with Crippen LogP contribution in [0, 0.1) is 15.9 Å². The number of nitro benzene ring substituents is 1. The van der Waals surface area contributed by atoms with E-state index in [1.54, 1.807) is 6.20 Å². The molecule has 134 valence electrons. The lowest BCUT2D eigenvalue weighted by molar-refractivity contribution is -0.384. The highest BCUT2D eigenvalue weighted by Crippen LogP contribution is 2.27. The van der Waals surface area contributed by atoms with Crippen LogP contribution in [0.25, 0.3) is 5.65 Å². The fourth-order valence-corrected chi connectivity index (χ4v) is 3.30. The first-order valence-electron chi connectivity index (χ1n) is 6.91. The topological polar surface area (TPSA) is 102 Å². The molecule has 0 aliphatic rings. The Labute approximate surface area is 159 Å². The van der Waals surface area contributed by atoms with Crippen LogP contribution in [0.5, 0.6) is 0 Å². The molecule has 0 saturated heterocycles. The summed E-state index contributed by atoms with van der Waals surface area (Å²) in [6.45, 7) is 0. The van der Waals surface area contributed by atoms with Gasteiger partial charge in [0, 0.05) is 6.20 Å². The third-order valence-electron chi connectivity index (χ3n) is 3.16. The number of anilines is 1. The van der Waals surface area contributed by atoms with Crippen LogP contribution in [-0.4, -0.2) is 31.2 Å². The molecule has 3 aromatic rings. The minimum Gasteiger partial charge on any atom is -0.320 e. The molecule has 1 aromatic carbocycles. The number of carbonyl (C=O) groups is 1. The molecule has 0 bridgehead atoms. The summed E-state index contributed by atoms with van der Waals surface area (Å²) < 4.78 is 14.7. The molecule has 8 nitrogen and oxygen atoms in total. The number of halogens is 3. The van der Waals surface area contributed by atoms with E-state index in [0.717, 1.165) is 30.0 Å². The Bertz CT molecular complexity index is 1030. The van der Waals surface area contributed by atoms with Gasteiger partial charge in [0.1, 0.15) is 11.5 Å². The Hall–Kier alpha value is -2.43. The number of hydrogen-bond acceptors (Lipinski definition) is 6. The van der Waals surface area contributed by atoms with Crippen molar-refractivity contribution >= 4 is 57.9 Å². The van der Waals surface area contributed by atoms with E-state index < -0.39 is 22.3 Å². The van der Waals surface area contributed by atoms with Crippen molar-refractivity contribution in [3.05, 3.63) is 56.4 Å². The molecular formula is C14H8Cl2FN5O3S. The van der Waals surface area contributed by atoms with E-state index in [2.05, 4.69) is 15.5 Å². The molecule has 0 aliphatic heterocycles. The van der Waals surface area contributed by atoms with E-state index >= 15 is 0 Å². The van der Waals surface area contributed by atoms with Gasteiger partial charge in [-0.25, -0.2) is 4.39 Å². The normalized spacial score (nSPS) is 10.9. The summed E-state index contributed by atoms with van der Waals surface area (Å²) in [4.78, 5) is 22.2. The summed E-state index contributed by atoms with van der Waals surface area (Å²) in [5, 5.41) is 22.2. The van der Waals surface area contributed by atoms with Gasteiger partial charge in [-0.3, -0.25) is 19.3 Å². The highest BCUT2D eigenvalue weighted by atomic mass is 35.5. The number of carbonyl (C=O) groups excluding carboxylic acids is 1. The van der Waals surface area contributed by atoms with Crippen molar-refractivity contribution in [2.75, 3.05) is 11.1 Å². The van der Waals surface area contributed by atoms with Gasteiger partial charge in [0.25, 0.3) is 5.69 Å². The monoisotopic (exact) mass is 415 g/mol. The molecule has 2 heterocycles. The lowest BCUT2D eigenvalue weighted by Crippen LogP contribution is -2.15. The van der Waals surface area contributed by atoms with Crippen LogP contribution in [0.15, 0.2) is 35.6 Å². The molecule has 0 spiro atoms. The first kappa shape index (κ1) is 18.4. The summed E-state index contributed by atoms with van der Waals surface area (Å²) in [7, 11) is 0. The van der Waals surface area contributed by atoms with Gasteiger partial charge < -0.3 is 5.32 Å². The van der Waals surface area contributed by atoms with Crippen LogP contribution in [0.4, 0.5) is 15.8 Å². The predicted molar refractivity (Wildman–Crippen MR) is 95.4 cm³/mol. The van der Waals surface area contributed by atoms with Crippen molar-refractivity contribution in [3.8, 4) is 0 Å². The van der Waals surface area contributed by atoms with E-state index in [1.165, 1.54) is 10.5 Å². The first-order chi connectivity index (χ1) is 12.3. The van der Waals surface area contributed by atoms with Crippen molar-refractivity contribution in [3.63, 3.8) is 0 Å². The number of hydrogen-bond donors (Lipinski definition) is 1. The highest BCUT2D eigenvalue weighted by Gasteiger charge is 2.18. The Morgan fingerprint density at radius 3 is 2.85 bits per heavy atom. The van der Waals surface area contributed by atoms with Crippen molar-refractivity contribution in [1.82, 2.24) is 14.6 Å². The highest BCUT2D eigenvalue weighted by molar-refractivity contribution is 7.99. The Balaban J connectivity index is 1.73. The van der Waals surface area contributed by atoms with E-state index in [4.69, 9.17) is 23.2 Å². The molecular weight excluding hydrogens is 408 g/mol. The van der Waals surface area contributed by atoms with Gasteiger partial charge >= 0.3 is 0 Å². The number of benzene rings is 1. The van der Waals surface area contributed by atoms with E-state index in [-0.39, 0.29) is 11.4 Å². The molecule has 3 rings (SSSR count). The number of amides is 1. The number of pyridine rings is 1. The van der Waals surface area contributed by atoms with E-state index in [1.807, 2.05) is 0 Å². The van der Waals surface area contributed by atoms with E-state index in [9.17, 15) is 19.3 Å². The Kier molecular flexibility index (Phi) is 5.25. The second kappa shape index (κ2) is 7.44. The minimum absolute atomic E-state index is 0.0980. The zero-order valence-electron chi connectivity index (χ0n) is 12.6. The van der Waals surface area contributed by atoms with Gasteiger partial charge in [0.05, 0.1) is 26.8 Å². The maximum Gasteiger partial charge on any atom is 0.295 e. The van der Waals surface area contributed by atoms with E-state index in [0.29, 0.717) is 20.8 Å². The summed E-state index contributed by atoms with van der Waals surface area (Å²) >= 11 is 13.0. The summed E-state index contributed by atoms with van der Waals surface area (Å²) in [5.74, 6) is -1.42. The quantitative estimate of drug-likeness (QED) is 0.386. The van der Waals surface area contributed by atoms with Crippen molar-refractivity contribution < 1.29 is 14.1 Å². The van der Waals surface area contributed by atoms with Crippen LogP contribution in [0.1, 0.15) is 0 Å². The third-order valence-corrected chi connectivity index (χ3v) is 4.59. The number of fused-ring (bicyclic) bond motifs is 1. The molecule has 0 unspecified atom stereocenters. The molecule has 0 fully saturated rings. The smallest absolute Gasteiger partial charge is 0.295 e. The van der Waals surface area contributed by atoms with Crippen LogP contribution in [-0.2, 0) is 4.79 Å². The second-order valence-electron chi connectivity index (χ2n) is 4.94. The first-order valence-corrected chi connectivity index (χ1v) is 8.65. The van der Waals surface area contributed by atoms with Crippen LogP contribution >= 0.6 is 35.0 Å². The number of nitrogens with one attached hydrogen (secondary N) is 1. The molecule has 26 heavy (non-hydrogen) atoms. The molecule has 12 heteroatoms. The molecule has 0 aliphatic carbocycles. The van der Waals surface area contributed by atoms with Crippen LogP contribution < -0.4 is 5.32 Å². The van der Waals surface area contributed by atoms with Gasteiger partial charge in [-0.1, -0.05) is 35.0 Å². The molecule has 1 N–H and O–H groups in total. The number of nitrogens with zero attached hydrogens (tertiary/aromatic N) is 4. The van der Waals surface area contributed by atoms with Crippen molar-refractivity contribution in [2.45, 2.75) is 5.16 Å². The fraction of sp³-hybridized carbons (Fsp3) is 0.0714. The average Bonchev–Trinajstić information content (AvgIpc) is 2.97. The number of thioether (sulfide) groups is 1. The molecule has 0 atom stereocenters. The standard InChI is InChI=1S/C14H8Cl2FN5O3S/c15-7-3-9(16)13-19-20-14(21(13)5-7)26-6-12(23)18-10-2-1-8(17)4-11(10)22(24)25/h1-5H,6H2,(H,18,23). The SMILES string of the molecule is O=C(CSc1nnc2c(Cl)cc(Cl)cn12)Nc1ccc(F)cc1[N+](=O)[O-]. The largest absolute Gasteiger partial charge is 0.320 e. The maximum atomic E-state index is 13.1. The van der Waals surface area contributed by atoms with Gasteiger partial charge in [0.2, 0.25) is 5.91 Å². The summed E-state index contributed by atoms with van der Waals surface area (Å²) in [5.41, 5.74) is -0.248. The lowest BCUT2D eigenvalue weighted by Gasteiger charge is -2.06. The van der Waals surface area contributed by atoms with Crippen LogP contribution in [0.2, 0.25) is 10.0 Å². The zero-order valence-corrected chi connectivity index (χ0v) is 15.0. The molecule has 2 aromatic heterocycles. The molecule has 1 amide bonds. The van der Waals surface area contributed by atoms with Gasteiger partial charge in [-0.15, -0.1) is 10.2 Å². The van der Waals surface area contributed by atoms with Gasteiger partial charge in [-0.2, -0.15) is 0 Å². The summed E-state index contributed by atoms with van der Waals surface area (Å²) in [6.07, 6.45) is 1.55. The van der Waals surface area contributed by atoms with Gasteiger partial charge in [-0.05, 0) is 18.2 Å². The second-order valence-corrected chi connectivity index (χ2v) is 6.72. The minimum atomic E-state index is -0.776. The maximum absolute atomic E-state index is 13.1. The van der Waals surface area contributed by atoms with Crippen molar-refractivity contribution in [2.24, 2.45) is 0 Å². The number of aromatic nitrogens is 3. The number of rotatable bonds is 5. The third kappa shape index (κ3) is 3.87. The van der Waals surface area contributed by atoms with Gasteiger partial charge in [0.15, 0.2) is 10.8 Å². The number of nitro groups is 1. The summed E-state index contributed by atoms with van der Waals surface area (Å²) in [6, 6.07) is 4.40. The lowest BCUT2D eigenvalue weighted by atomic mass is 10.2. The Morgan fingerprint density at radius 2 is 2.12 bits per heavy atom. The predicted octanol–water partition coefficient (Wildman–Crippen LogP) is 3.81. The molecule has 0 saturated carbocycles.